The largest absolute Gasteiger partial charge is 0.463 e. The molecule has 25 heavy (non-hydrogen) atoms. The molecule has 0 radical (unpaired) electrons. The van der Waals surface area contributed by atoms with Crippen LogP contribution in [-0.4, -0.2) is 17.4 Å². The van der Waals surface area contributed by atoms with Crippen molar-refractivity contribution in [3.63, 3.8) is 0 Å². The maximum atomic E-state index is 14.2. The predicted molar refractivity (Wildman–Crippen MR) is 95.0 cm³/mol. The van der Waals surface area contributed by atoms with E-state index in [-0.39, 0.29) is 11.6 Å². The Morgan fingerprint density at radius 1 is 1.16 bits per heavy atom. The number of anilines is 1. The number of benzene rings is 1. The average Bonchev–Trinajstić information content (AvgIpc) is 3.14. The van der Waals surface area contributed by atoms with Crippen LogP contribution in [0.3, 0.4) is 0 Å². The molecule has 0 atom stereocenters. The van der Waals surface area contributed by atoms with Gasteiger partial charge in [0.25, 0.3) is 5.91 Å². The molecule has 0 aliphatic heterocycles. The molecule has 5 heteroatoms. The molecule has 0 spiro atoms. The minimum Gasteiger partial charge on any atom is -0.463 e. The molecule has 3 aromatic rings. The number of pyridine rings is 1. The van der Waals surface area contributed by atoms with Crippen molar-refractivity contribution in [1.82, 2.24) is 4.98 Å². The van der Waals surface area contributed by atoms with E-state index >= 15 is 0 Å². The standard InChI is InChI=1S/C20H19FN2O2/c1-3-12-23(18-8-5-4-7-16(18)21)20(24)15-10-11-17(22-14(15)2)19-9-6-13-25-19/h4-11,13H,3,12H2,1-2H3. The van der Waals surface area contributed by atoms with Gasteiger partial charge in [-0.3, -0.25) is 4.79 Å². The van der Waals surface area contributed by atoms with Gasteiger partial charge in [0, 0.05) is 6.54 Å². The van der Waals surface area contributed by atoms with Crippen LogP contribution in [-0.2, 0) is 0 Å². The van der Waals surface area contributed by atoms with Crippen molar-refractivity contribution in [2.45, 2.75) is 20.3 Å². The number of rotatable bonds is 5. The summed E-state index contributed by atoms with van der Waals surface area (Å²) in [5.41, 5.74) is 1.97. The van der Waals surface area contributed by atoms with Gasteiger partial charge in [0.2, 0.25) is 0 Å². The number of amides is 1. The Morgan fingerprint density at radius 2 is 1.96 bits per heavy atom. The lowest BCUT2D eigenvalue weighted by Gasteiger charge is -2.23. The first-order chi connectivity index (χ1) is 12.1. The van der Waals surface area contributed by atoms with E-state index in [0.29, 0.717) is 29.3 Å². The molecule has 0 N–H and O–H groups in total. The number of hydrogen-bond donors (Lipinski definition) is 0. The molecule has 128 valence electrons. The number of halogens is 1. The summed E-state index contributed by atoms with van der Waals surface area (Å²) >= 11 is 0. The van der Waals surface area contributed by atoms with Crippen molar-refractivity contribution in [1.29, 1.82) is 0 Å². The van der Waals surface area contributed by atoms with Gasteiger partial charge in [-0.2, -0.15) is 0 Å². The fourth-order valence-corrected chi connectivity index (χ4v) is 2.72. The fourth-order valence-electron chi connectivity index (χ4n) is 2.72. The Labute approximate surface area is 145 Å². The minimum atomic E-state index is -0.415. The summed E-state index contributed by atoms with van der Waals surface area (Å²) in [6.45, 7) is 4.15. The van der Waals surface area contributed by atoms with E-state index in [1.807, 2.05) is 13.0 Å². The van der Waals surface area contributed by atoms with Gasteiger partial charge in [-0.15, -0.1) is 0 Å². The Morgan fingerprint density at radius 3 is 2.60 bits per heavy atom. The highest BCUT2D eigenvalue weighted by Crippen LogP contribution is 2.24. The molecule has 2 aromatic heterocycles. The van der Waals surface area contributed by atoms with Crippen LogP contribution < -0.4 is 4.90 Å². The van der Waals surface area contributed by atoms with E-state index in [1.54, 1.807) is 49.6 Å². The van der Waals surface area contributed by atoms with E-state index in [1.165, 1.54) is 11.0 Å². The maximum absolute atomic E-state index is 14.2. The minimum absolute atomic E-state index is 0.261. The molecular weight excluding hydrogens is 319 g/mol. The van der Waals surface area contributed by atoms with Crippen LogP contribution in [0.5, 0.6) is 0 Å². The molecule has 3 rings (SSSR count). The van der Waals surface area contributed by atoms with Gasteiger partial charge in [0.05, 0.1) is 23.2 Å². The van der Waals surface area contributed by atoms with E-state index in [9.17, 15) is 9.18 Å². The van der Waals surface area contributed by atoms with Crippen molar-refractivity contribution in [3.8, 4) is 11.5 Å². The lowest BCUT2D eigenvalue weighted by atomic mass is 10.1. The first-order valence-electron chi connectivity index (χ1n) is 8.19. The first kappa shape index (κ1) is 16.9. The Hall–Kier alpha value is -2.95. The third-order valence-electron chi connectivity index (χ3n) is 3.93. The summed E-state index contributed by atoms with van der Waals surface area (Å²) in [5, 5.41) is 0. The zero-order valence-electron chi connectivity index (χ0n) is 14.2. The van der Waals surface area contributed by atoms with E-state index < -0.39 is 5.82 Å². The van der Waals surface area contributed by atoms with Crippen LogP contribution in [0.15, 0.2) is 59.2 Å². The number of furan rings is 1. The molecule has 0 aliphatic rings. The number of carbonyl (C=O) groups is 1. The smallest absolute Gasteiger partial charge is 0.260 e. The van der Waals surface area contributed by atoms with Gasteiger partial charge in [-0.05, 0) is 49.7 Å². The highest BCUT2D eigenvalue weighted by molar-refractivity contribution is 6.07. The molecular formula is C20H19FN2O2. The summed E-state index contributed by atoms with van der Waals surface area (Å²) in [5.74, 6) is -0.0355. The second kappa shape index (κ2) is 7.30. The zero-order chi connectivity index (χ0) is 17.8. The van der Waals surface area contributed by atoms with Crippen LogP contribution in [0.2, 0.25) is 0 Å². The maximum Gasteiger partial charge on any atom is 0.260 e. The van der Waals surface area contributed by atoms with Crippen molar-refractivity contribution in [2.24, 2.45) is 0 Å². The van der Waals surface area contributed by atoms with Gasteiger partial charge >= 0.3 is 0 Å². The van der Waals surface area contributed by atoms with Gasteiger partial charge < -0.3 is 9.32 Å². The Kier molecular flexibility index (Phi) is 4.93. The Bertz CT molecular complexity index is 875. The lowest BCUT2D eigenvalue weighted by molar-refractivity contribution is 0.0985. The number of hydrogen-bond acceptors (Lipinski definition) is 3. The van der Waals surface area contributed by atoms with Crippen molar-refractivity contribution in [3.05, 3.63) is 71.9 Å². The second-order valence-corrected chi connectivity index (χ2v) is 5.71. The number of para-hydroxylation sites is 1. The molecule has 1 aromatic carbocycles. The molecule has 0 saturated heterocycles. The van der Waals surface area contributed by atoms with Gasteiger partial charge in [-0.1, -0.05) is 19.1 Å². The lowest BCUT2D eigenvalue weighted by Crippen LogP contribution is -2.33. The van der Waals surface area contributed by atoms with Crippen molar-refractivity contribution in [2.75, 3.05) is 11.4 Å². The molecule has 1 amide bonds. The van der Waals surface area contributed by atoms with Crippen LogP contribution in [0.4, 0.5) is 10.1 Å². The van der Waals surface area contributed by atoms with Crippen LogP contribution in [0.1, 0.15) is 29.4 Å². The highest BCUT2D eigenvalue weighted by atomic mass is 19.1. The van der Waals surface area contributed by atoms with Crippen LogP contribution in [0.25, 0.3) is 11.5 Å². The highest BCUT2D eigenvalue weighted by Gasteiger charge is 2.22. The summed E-state index contributed by atoms with van der Waals surface area (Å²) < 4.78 is 19.5. The SMILES string of the molecule is CCCN(C(=O)c1ccc(-c2ccco2)nc1C)c1ccccc1F. The molecule has 4 nitrogen and oxygen atoms in total. The van der Waals surface area contributed by atoms with Crippen molar-refractivity contribution >= 4 is 11.6 Å². The zero-order valence-corrected chi connectivity index (χ0v) is 14.2. The van der Waals surface area contributed by atoms with Crippen LogP contribution in [0, 0.1) is 12.7 Å². The average molecular weight is 338 g/mol. The monoisotopic (exact) mass is 338 g/mol. The van der Waals surface area contributed by atoms with Gasteiger partial charge in [-0.25, -0.2) is 9.37 Å². The molecule has 2 heterocycles. The quantitative estimate of drug-likeness (QED) is 0.668. The first-order valence-corrected chi connectivity index (χ1v) is 8.19. The summed E-state index contributed by atoms with van der Waals surface area (Å²) in [7, 11) is 0. The van der Waals surface area contributed by atoms with Crippen LogP contribution >= 0.6 is 0 Å². The number of carbonyl (C=O) groups excluding carboxylic acids is 1. The number of aryl methyl sites for hydroxylation is 1. The van der Waals surface area contributed by atoms with Gasteiger partial charge in [0.15, 0.2) is 5.76 Å². The van der Waals surface area contributed by atoms with E-state index in [0.717, 1.165) is 6.42 Å². The van der Waals surface area contributed by atoms with Gasteiger partial charge in [0.1, 0.15) is 11.5 Å². The number of nitrogens with zero attached hydrogens (tertiary/aromatic N) is 2. The third-order valence-corrected chi connectivity index (χ3v) is 3.93. The van der Waals surface area contributed by atoms with E-state index in [4.69, 9.17) is 4.42 Å². The third kappa shape index (κ3) is 3.45. The van der Waals surface area contributed by atoms with Crippen molar-refractivity contribution < 1.29 is 13.6 Å². The number of aromatic nitrogens is 1. The summed E-state index contributed by atoms with van der Waals surface area (Å²) in [6.07, 6.45) is 2.30. The fraction of sp³-hybridized carbons (Fsp3) is 0.200. The van der Waals surface area contributed by atoms with E-state index in [2.05, 4.69) is 4.98 Å². The summed E-state index contributed by atoms with van der Waals surface area (Å²) in [4.78, 5) is 18.9. The Balaban J connectivity index is 1.96. The summed E-state index contributed by atoms with van der Waals surface area (Å²) in [6, 6.07) is 13.4. The molecule has 0 fully saturated rings. The molecule has 0 bridgehead atoms. The topological polar surface area (TPSA) is 46.3 Å². The molecule has 0 aliphatic carbocycles. The molecule has 0 unspecified atom stereocenters. The normalized spacial score (nSPS) is 10.7. The second-order valence-electron chi connectivity index (χ2n) is 5.71. The predicted octanol–water partition coefficient (Wildman–Crippen LogP) is 4.85. The molecule has 0 saturated carbocycles.